The SMILES string of the molecule is COCC(CO)CC(=O)O. The minimum atomic E-state index is -0.906. The largest absolute Gasteiger partial charge is 0.481 e. The van der Waals surface area contributed by atoms with Crippen LogP contribution in [0, 0.1) is 5.92 Å². The number of aliphatic hydroxyl groups is 1. The van der Waals surface area contributed by atoms with Crippen LogP contribution in [0.3, 0.4) is 0 Å². The summed E-state index contributed by atoms with van der Waals surface area (Å²) in [5.41, 5.74) is 0. The van der Waals surface area contributed by atoms with Gasteiger partial charge in [0.05, 0.1) is 13.0 Å². The van der Waals surface area contributed by atoms with E-state index in [1.54, 1.807) is 0 Å². The molecule has 0 spiro atoms. The second-order valence-corrected chi connectivity index (χ2v) is 2.10. The van der Waals surface area contributed by atoms with E-state index in [0.717, 1.165) is 0 Å². The van der Waals surface area contributed by atoms with Gasteiger partial charge in [-0.1, -0.05) is 0 Å². The van der Waals surface area contributed by atoms with Crippen molar-refractivity contribution in [2.75, 3.05) is 20.3 Å². The van der Waals surface area contributed by atoms with Gasteiger partial charge in [-0.15, -0.1) is 0 Å². The van der Waals surface area contributed by atoms with Gasteiger partial charge in [0.2, 0.25) is 0 Å². The Bertz CT molecular complexity index is 102. The average Bonchev–Trinajstić information content (AvgIpc) is 1.86. The average molecular weight is 148 g/mol. The number of ether oxygens (including phenoxy) is 1. The molecule has 0 saturated heterocycles. The molecule has 60 valence electrons. The highest BCUT2D eigenvalue weighted by molar-refractivity contribution is 5.67. The summed E-state index contributed by atoms with van der Waals surface area (Å²) in [4.78, 5) is 10.1. The van der Waals surface area contributed by atoms with Crippen LogP contribution in [-0.4, -0.2) is 36.5 Å². The lowest BCUT2D eigenvalue weighted by molar-refractivity contribution is -0.139. The van der Waals surface area contributed by atoms with Gasteiger partial charge in [-0.05, 0) is 0 Å². The predicted octanol–water partition coefficient (Wildman–Crippen LogP) is -0.284. The predicted molar refractivity (Wildman–Crippen MR) is 34.7 cm³/mol. The molecule has 0 aliphatic carbocycles. The molecule has 1 atom stereocenters. The molecule has 0 rings (SSSR count). The van der Waals surface area contributed by atoms with E-state index < -0.39 is 5.97 Å². The van der Waals surface area contributed by atoms with Crippen LogP contribution in [0.4, 0.5) is 0 Å². The molecule has 0 radical (unpaired) electrons. The highest BCUT2D eigenvalue weighted by atomic mass is 16.5. The molecule has 2 N–H and O–H groups in total. The van der Waals surface area contributed by atoms with Crippen LogP contribution < -0.4 is 0 Å². The van der Waals surface area contributed by atoms with E-state index in [4.69, 9.17) is 10.2 Å². The summed E-state index contributed by atoms with van der Waals surface area (Å²) < 4.78 is 4.67. The number of hydrogen-bond acceptors (Lipinski definition) is 3. The molecule has 0 aromatic rings. The van der Waals surface area contributed by atoms with Crippen molar-refractivity contribution in [3.8, 4) is 0 Å². The van der Waals surface area contributed by atoms with Gasteiger partial charge in [-0.2, -0.15) is 0 Å². The number of rotatable bonds is 5. The monoisotopic (exact) mass is 148 g/mol. The molecule has 1 unspecified atom stereocenters. The second-order valence-electron chi connectivity index (χ2n) is 2.10. The van der Waals surface area contributed by atoms with Crippen LogP contribution in [0.25, 0.3) is 0 Å². The zero-order chi connectivity index (χ0) is 7.98. The van der Waals surface area contributed by atoms with Gasteiger partial charge in [0.25, 0.3) is 0 Å². The molecule has 0 aliphatic rings. The van der Waals surface area contributed by atoms with E-state index in [-0.39, 0.29) is 18.9 Å². The van der Waals surface area contributed by atoms with E-state index in [9.17, 15) is 4.79 Å². The molecule has 4 nitrogen and oxygen atoms in total. The number of aliphatic carboxylic acids is 1. The normalized spacial score (nSPS) is 13.0. The van der Waals surface area contributed by atoms with Gasteiger partial charge in [0, 0.05) is 19.6 Å². The van der Waals surface area contributed by atoms with Crippen LogP contribution >= 0.6 is 0 Å². The number of aliphatic hydroxyl groups excluding tert-OH is 1. The summed E-state index contributed by atoms with van der Waals surface area (Å²) >= 11 is 0. The molecule has 10 heavy (non-hydrogen) atoms. The van der Waals surface area contributed by atoms with Crippen LogP contribution in [0.1, 0.15) is 6.42 Å². The standard InChI is InChI=1S/C6H12O4/c1-10-4-5(3-7)2-6(8)9/h5,7H,2-4H2,1H3,(H,8,9). The molecule has 4 heteroatoms. The third kappa shape index (κ3) is 4.29. The Morgan fingerprint density at radius 1 is 1.70 bits per heavy atom. The maximum atomic E-state index is 10.1. The summed E-state index contributed by atoms with van der Waals surface area (Å²) in [6.07, 6.45) is -0.0374. The molecule has 0 aromatic carbocycles. The molecule has 0 heterocycles. The molecule has 0 fully saturated rings. The van der Waals surface area contributed by atoms with Gasteiger partial charge in [-0.25, -0.2) is 0 Å². The van der Waals surface area contributed by atoms with Crippen molar-refractivity contribution in [1.82, 2.24) is 0 Å². The highest BCUT2D eigenvalue weighted by Gasteiger charge is 2.10. The maximum absolute atomic E-state index is 10.1. The van der Waals surface area contributed by atoms with Crippen molar-refractivity contribution in [3.63, 3.8) is 0 Å². The Morgan fingerprint density at radius 2 is 2.30 bits per heavy atom. The minimum Gasteiger partial charge on any atom is -0.481 e. The van der Waals surface area contributed by atoms with Gasteiger partial charge in [-0.3, -0.25) is 4.79 Å². The van der Waals surface area contributed by atoms with E-state index in [1.165, 1.54) is 7.11 Å². The third-order valence-corrected chi connectivity index (χ3v) is 1.12. The zero-order valence-electron chi connectivity index (χ0n) is 5.91. The van der Waals surface area contributed by atoms with Crippen molar-refractivity contribution in [2.45, 2.75) is 6.42 Å². The lowest BCUT2D eigenvalue weighted by atomic mass is 10.1. The molecular weight excluding hydrogens is 136 g/mol. The molecule has 0 saturated carbocycles. The fraction of sp³-hybridized carbons (Fsp3) is 0.833. The van der Waals surface area contributed by atoms with Gasteiger partial charge in [0.15, 0.2) is 0 Å². The van der Waals surface area contributed by atoms with Crippen LogP contribution in [0.5, 0.6) is 0 Å². The highest BCUT2D eigenvalue weighted by Crippen LogP contribution is 2.01. The van der Waals surface area contributed by atoms with Crippen molar-refractivity contribution < 1.29 is 19.7 Å². The number of hydrogen-bond donors (Lipinski definition) is 2. The first-order valence-electron chi connectivity index (χ1n) is 3.02. The van der Waals surface area contributed by atoms with Crippen molar-refractivity contribution >= 4 is 5.97 Å². The van der Waals surface area contributed by atoms with Crippen molar-refractivity contribution in [2.24, 2.45) is 5.92 Å². The first-order valence-corrected chi connectivity index (χ1v) is 3.02. The summed E-state index contributed by atoms with van der Waals surface area (Å²) in [5, 5.41) is 16.8. The quantitative estimate of drug-likeness (QED) is 0.562. The molecular formula is C6H12O4. The maximum Gasteiger partial charge on any atom is 0.303 e. The van der Waals surface area contributed by atoms with Crippen molar-refractivity contribution in [1.29, 1.82) is 0 Å². The lowest BCUT2D eigenvalue weighted by Gasteiger charge is -2.08. The minimum absolute atomic E-state index is 0.0374. The van der Waals surface area contributed by atoms with Gasteiger partial charge >= 0.3 is 5.97 Å². The van der Waals surface area contributed by atoms with Crippen LogP contribution in [0.15, 0.2) is 0 Å². The number of methoxy groups -OCH3 is 1. The van der Waals surface area contributed by atoms with E-state index >= 15 is 0 Å². The summed E-state index contributed by atoms with van der Waals surface area (Å²) in [5.74, 6) is -1.18. The summed E-state index contributed by atoms with van der Waals surface area (Å²) in [6.45, 7) is 0.156. The number of carboxylic acid groups (broad SMARTS) is 1. The zero-order valence-corrected chi connectivity index (χ0v) is 5.91. The fourth-order valence-electron chi connectivity index (χ4n) is 0.659. The van der Waals surface area contributed by atoms with E-state index in [1.807, 2.05) is 0 Å². The Morgan fingerprint density at radius 3 is 2.60 bits per heavy atom. The lowest BCUT2D eigenvalue weighted by Crippen LogP contribution is -2.16. The van der Waals surface area contributed by atoms with Crippen molar-refractivity contribution in [3.05, 3.63) is 0 Å². The first kappa shape index (κ1) is 9.39. The number of carboxylic acids is 1. The fourth-order valence-corrected chi connectivity index (χ4v) is 0.659. The smallest absolute Gasteiger partial charge is 0.303 e. The summed E-state index contributed by atoms with van der Waals surface area (Å²) in [7, 11) is 1.48. The number of carbonyl (C=O) groups is 1. The Labute approximate surface area is 59.4 Å². The van der Waals surface area contributed by atoms with E-state index in [2.05, 4.69) is 4.74 Å². The molecule has 0 aliphatic heterocycles. The Balaban J connectivity index is 3.49. The van der Waals surface area contributed by atoms with Gasteiger partial charge in [0.1, 0.15) is 0 Å². The molecule has 0 aromatic heterocycles. The third-order valence-electron chi connectivity index (χ3n) is 1.12. The second kappa shape index (κ2) is 5.20. The summed E-state index contributed by atoms with van der Waals surface area (Å²) in [6, 6.07) is 0. The molecule has 0 bridgehead atoms. The molecule has 0 amide bonds. The van der Waals surface area contributed by atoms with E-state index in [0.29, 0.717) is 6.61 Å². The van der Waals surface area contributed by atoms with Crippen LogP contribution in [0.2, 0.25) is 0 Å². The topological polar surface area (TPSA) is 66.8 Å². The first-order chi connectivity index (χ1) is 4.70. The Hall–Kier alpha value is -0.610. The Kier molecular flexibility index (Phi) is 4.88. The van der Waals surface area contributed by atoms with Crippen LogP contribution in [-0.2, 0) is 9.53 Å². The van der Waals surface area contributed by atoms with Gasteiger partial charge < -0.3 is 14.9 Å².